The van der Waals surface area contributed by atoms with Crippen LogP contribution in [0.5, 0.6) is 0 Å². The fraction of sp³-hybridized carbons (Fsp3) is 0.385. The number of rotatable bonds is 3. The Balaban J connectivity index is 2.88. The molecule has 5 heteroatoms. The Morgan fingerprint density at radius 2 is 1.94 bits per heavy atom. The Morgan fingerprint density at radius 3 is 2.50 bits per heavy atom. The van der Waals surface area contributed by atoms with Gasteiger partial charge in [0.25, 0.3) is 0 Å². The molecule has 1 aromatic carbocycles. The molecule has 1 aromatic heterocycles. The van der Waals surface area contributed by atoms with Crippen molar-refractivity contribution in [1.29, 1.82) is 0 Å². The Bertz CT molecular complexity index is 590. The third-order valence-electron chi connectivity index (χ3n) is 2.95. The molecule has 1 N–H and O–H groups in total. The molecule has 2 nitrogen and oxygen atoms in total. The molecule has 0 aliphatic carbocycles. The summed E-state index contributed by atoms with van der Waals surface area (Å²) < 4.78 is 1.91. The van der Waals surface area contributed by atoms with E-state index in [1.54, 1.807) is 13.0 Å². The minimum absolute atomic E-state index is 0.483. The molecule has 0 saturated heterocycles. The van der Waals surface area contributed by atoms with Crippen molar-refractivity contribution in [2.24, 2.45) is 0 Å². The molecule has 98 valence electrons. The van der Waals surface area contributed by atoms with Crippen LogP contribution in [0.1, 0.15) is 31.9 Å². The first-order valence-electron chi connectivity index (χ1n) is 5.82. The van der Waals surface area contributed by atoms with Gasteiger partial charge in [-0.25, -0.2) is 0 Å². The van der Waals surface area contributed by atoms with Gasteiger partial charge in [0.2, 0.25) is 0 Å². The number of aryl methyl sites for hydroxylation is 1. The molecule has 1 heterocycles. The van der Waals surface area contributed by atoms with Crippen molar-refractivity contribution in [2.45, 2.75) is 32.9 Å². The summed E-state index contributed by atoms with van der Waals surface area (Å²) in [5.41, 5.74) is 1.51. The molecule has 18 heavy (non-hydrogen) atoms. The molecule has 0 radical (unpaired) electrons. The van der Waals surface area contributed by atoms with Crippen LogP contribution in [-0.4, -0.2) is 9.67 Å². The highest BCUT2D eigenvalue weighted by atomic mass is 35.5. The first-order chi connectivity index (χ1) is 8.49. The Labute approximate surface area is 121 Å². The van der Waals surface area contributed by atoms with Gasteiger partial charge < -0.3 is 9.67 Å². The lowest BCUT2D eigenvalue weighted by Crippen LogP contribution is -1.98. The number of aliphatic hydroxyl groups is 1. The normalized spacial score (nSPS) is 13.2. The van der Waals surface area contributed by atoms with Gasteiger partial charge in [-0.05, 0) is 19.4 Å². The molecule has 2 aromatic rings. The van der Waals surface area contributed by atoms with Gasteiger partial charge in [-0.3, -0.25) is 0 Å². The minimum atomic E-state index is -0.643. The van der Waals surface area contributed by atoms with Crippen molar-refractivity contribution in [2.75, 3.05) is 0 Å². The SMILES string of the molecule is CCCn1c(Cl)c(C(C)O)c2ccc(Cl)c(Cl)c21. The second-order valence-electron chi connectivity index (χ2n) is 4.29. The summed E-state index contributed by atoms with van der Waals surface area (Å²) in [7, 11) is 0. The smallest absolute Gasteiger partial charge is 0.115 e. The zero-order chi connectivity index (χ0) is 13.4. The Hall–Kier alpha value is -0.410. The van der Waals surface area contributed by atoms with E-state index >= 15 is 0 Å². The first kappa shape index (κ1) is 14.0. The summed E-state index contributed by atoms with van der Waals surface area (Å²) in [5, 5.41) is 12.2. The summed E-state index contributed by atoms with van der Waals surface area (Å²) in [6, 6.07) is 3.58. The van der Waals surface area contributed by atoms with Gasteiger partial charge in [-0.1, -0.05) is 47.8 Å². The van der Waals surface area contributed by atoms with Gasteiger partial charge >= 0.3 is 0 Å². The lowest BCUT2D eigenvalue weighted by Gasteiger charge is -2.07. The third kappa shape index (κ3) is 2.12. The number of aliphatic hydroxyl groups excluding tert-OH is 1. The van der Waals surface area contributed by atoms with Gasteiger partial charge in [-0.2, -0.15) is 0 Å². The second-order valence-corrected chi connectivity index (χ2v) is 5.43. The number of hydrogen-bond donors (Lipinski definition) is 1. The molecule has 0 saturated carbocycles. The Morgan fingerprint density at radius 1 is 1.28 bits per heavy atom. The molecule has 0 bridgehead atoms. The van der Waals surface area contributed by atoms with E-state index in [1.165, 1.54) is 0 Å². The van der Waals surface area contributed by atoms with Crippen LogP contribution >= 0.6 is 34.8 Å². The van der Waals surface area contributed by atoms with Crippen molar-refractivity contribution in [3.05, 3.63) is 32.9 Å². The summed E-state index contributed by atoms with van der Waals surface area (Å²) in [6.07, 6.45) is 0.279. The van der Waals surface area contributed by atoms with Crippen LogP contribution in [0.4, 0.5) is 0 Å². The maximum absolute atomic E-state index is 9.87. The monoisotopic (exact) mass is 305 g/mol. The minimum Gasteiger partial charge on any atom is -0.389 e. The van der Waals surface area contributed by atoms with Crippen molar-refractivity contribution in [3.63, 3.8) is 0 Å². The van der Waals surface area contributed by atoms with E-state index in [0.29, 0.717) is 20.8 Å². The van der Waals surface area contributed by atoms with E-state index in [0.717, 1.165) is 23.9 Å². The third-order valence-corrected chi connectivity index (χ3v) is 4.16. The van der Waals surface area contributed by atoms with E-state index in [4.69, 9.17) is 34.8 Å². The summed E-state index contributed by atoms with van der Waals surface area (Å²) in [6.45, 7) is 4.49. The lowest BCUT2D eigenvalue weighted by atomic mass is 10.1. The molecule has 0 aliphatic rings. The molecule has 0 aliphatic heterocycles. The number of halogens is 3. The van der Waals surface area contributed by atoms with Crippen molar-refractivity contribution >= 4 is 45.7 Å². The number of hydrogen-bond acceptors (Lipinski definition) is 1. The number of nitrogens with zero attached hydrogens (tertiary/aromatic N) is 1. The zero-order valence-corrected chi connectivity index (χ0v) is 12.4. The van der Waals surface area contributed by atoms with Gasteiger partial charge in [-0.15, -0.1) is 0 Å². The van der Waals surface area contributed by atoms with Crippen LogP contribution in [0.15, 0.2) is 12.1 Å². The average molecular weight is 307 g/mol. The Kier molecular flexibility index (Phi) is 4.12. The molecule has 2 rings (SSSR count). The van der Waals surface area contributed by atoms with Gasteiger partial charge in [0.1, 0.15) is 5.15 Å². The maximum Gasteiger partial charge on any atom is 0.115 e. The van der Waals surface area contributed by atoms with Crippen LogP contribution in [-0.2, 0) is 6.54 Å². The van der Waals surface area contributed by atoms with Crippen LogP contribution < -0.4 is 0 Å². The van der Waals surface area contributed by atoms with E-state index in [9.17, 15) is 5.11 Å². The lowest BCUT2D eigenvalue weighted by molar-refractivity contribution is 0.200. The highest BCUT2D eigenvalue weighted by Gasteiger charge is 2.21. The molecular weight excluding hydrogens is 293 g/mol. The average Bonchev–Trinajstić information content (AvgIpc) is 2.58. The molecule has 1 atom stereocenters. The second kappa shape index (κ2) is 5.30. The number of benzene rings is 1. The molecule has 0 fully saturated rings. The summed E-state index contributed by atoms with van der Waals surface area (Å²) in [4.78, 5) is 0. The predicted molar refractivity (Wildman–Crippen MR) is 77.9 cm³/mol. The first-order valence-corrected chi connectivity index (χ1v) is 6.96. The fourth-order valence-corrected chi connectivity index (χ4v) is 3.05. The van der Waals surface area contributed by atoms with Gasteiger partial charge in [0, 0.05) is 17.5 Å². The maximum atomic E-state index is 9.87. The van der Waals surface area contributed by atoms with Crippen LogP contribution in [0.3, 0.4) is 0 Å². The van der Waals surface area contributed by atoms with Crippen molar-refractivity contribution in [3.8, 4) is 0 Å². The van der Waals surface area contributed by atoms with E-state index in [1.807, 2.05) is 10.6 Å². The largest absolute Gasteiger partial charge is 0.389 e. The number of fused-ring (bicyclic) bond motifs is 1. The topological polar surface area (TPSA) is 25.2 Å². The van der Waals surface area contributed by atoms with Crippen LogP contribution in [0, 0.1) is 0 Å². The predicted octanol–water partition coefficient (Wildman–Crippen LogP) is 5.06. The van der Waals surface area contributed by atoms with E-state index in [-0.39, 0.29) is 0 Å². The van der Waals surface area contributed by atoms with Gasteiger partial charge in [0.15, 0.2) is 0 Å². The molecule has 0 amide bonds. The summed E-state index contributed by atoms with van der Waals surface area (Å²) >= 11 is 18.7. The van der Waals surface area contributed by atoms with Crippen LogP contribution in [0.2, 0.25) is 15.2 Å². The molecular formula is C13H14Cl3NO. The highest BCUT2D eigenvalue weighted by molar-refractivity contribution is 6.45. The fourth-order valence-electron chi connectivity index (χ4n) is 2.21. The van der Waals surface area contributed by atoms with Gasteiger partial charge in [0.05, 0.1) is 21.7 Å². The molecule has 0 spiro atoms. The standard InChI is InChI=1S/C13H14Cl3NO/c1-3-6-17-12-8(4-5-9(14)11(12)15)10(7(2)18)13(17)16/h4-5,7,18H,3,6H2,1-2H3. The number of aromatic nitrogens is 1. The van der Waals surface area contributed by atoms with E-state index < -0.39 is 6.10 Å². The van der Waals surface area contributed by atoms with E-state index in [2.05, 4.69) is 6.92 Å². The highest BCUT2D eigenvalue weighted by Crippen LogP contribution is 2.40. The summed E-state index contributed by atoms with van der Waals surface area (Å²) in [5.74, 6) is 0. The zero-order valence-electron chi connectivity index (χ0n) is 10.2. The molecule has 1 unspecified atom stereocenters. The quantitative estimate of drug-likeness (QED) is 0.842. The van der Waals surface area contributed by atoms with Crippen molar-refractivity contribution < 1.29 is 5.11 Å². The van der Waals surface area contributed by atoms with Crippen molar-refractivity contribution in [1.82, 2.24) is 4.57 Å². The van der Waals surface area contributed by atoms with Crippen LogP contribution in [0.25, 0.3) is 10.9 Å².